The topological polar surface area (TPSA) is 64.9 Å². The summed E-state index contributed by atoms with van der Waals surface area (Å²) in [5.41, 5.74) is 0.884. The first kappa shape index (κ1) is 12.9. The third kappa shape index (κ3) is 2.63. The molecule has 1 amide bonds. The van der Waals surface area contributed by atoms with E-state index in [1.807, 2.05) is 13.0 Å². The SMILES string of the molecule is CC1CCNC1C(=O)Nc1cc(Cl)ccc1C#N. The Hall–Kier alpha value is -1.57. The molecule has 1 aliphatic rings. The summed E-state index contributed by atoms with van der Waals surface area (Å²) in [5, 5.41) is 15.4. The van der Waals surface area contributed by atoms with E-state index in [0.717, 1.165) is 13.0 Å². The van der Waals surface area contributed by atoms with Gasteiger partial charge in [0.05, 0.1) is 17.3 Å². The molecule has 0 spiro atoms. The number of nitrogens with one attached hydrogen (secondary N) is 2. The molecule has 1 aromatic carbocycles. The van der Waals surface area contributed by atoms with Crippen LogP contribution >= 0.6 is 11.6 Å². The number of rotatable bonds is 2. The lowest BCUT2D eigenvalue weighted by molar-refractivity contribution is -0.118. The van der Waals surface area contributed by atoms with Gasteiger partial charge in [0.2, 0.25) is 5.91 Å². The maximum atomic E-state index is 12.1. The maximum absolute atomic E-state index is 12.1. The van der Waals surface area contributed by atoms with Crippen LogP contribution in [0.4, 0.5) is 5.69 Å². The number of halogens is 1. The van der Waals surface area contributed by atoms with E-state index in [2.05, 4.69) is 10.6 Å². The van der Waals surface area contributed by atoms with Crippen LogP contribution in [0.15, 0.2) is 18.2 Å². The van der Waals surface area contributed by atoms with Crippen LogP contribution < -0.4 is 10.6 Å². The fourth-order valence-electron chi connectivity index (χ4n) is 2.11. The van der Waals surface area contributed by atoms with Gasteiger partial charge >= 0.3 is 0 Å². The lowest BCUT2D eigenvalue weighted by atomic mass is 10.0. The number of anilines is 1. The molecular formula is C13H14ClN3O. The molecule has 1 aromatic rings. The van der Waals surface area contributed by atoms with Gasteiger partial charge in [0.1, 0.15) is 6.07 Å². The molecule has 2 rings (SSSR count). The van der Waals surface area contributed by atoms with Crippen molar-refractivity contribution in [1.82, 2.24) is 5.32 Å². The molecule has 0 saturated carbocycles. The first-order valence-electron chi connectivity index (χ1n) is 5.85. The second-order valence-corrected chi connectivity index (χ2v) is 4.93. The van der Waals surface area contributed by atoms with Gasteiger partial charge < -0.3 is 10.6 Å². The van der Waals surface area contributed by atoms with E-state index < -0.39 is 0 Å². The van der Waals surface area contributed by atoms with Gasteiger partial charge in [0, 0.05) is 5.02 Å². The molecule has 2 N–H and O–H groups in total. The Morgan fingerprint density at radius 2 is 2.39 bits per heavy atom. The summed E-state index contributed by atoms with van der Waals surface area (Å²) in [7, 11) is 0. The molecule has 1 heterocycles. The highest BCUT2D eigenvalue weighted by Crippen LogP contribution is 2.22. The van der Waals surface area contributed by atoms with Crippen molar-refractivity contribution in [3.63, 3.8) is 0 Å². The molecule has 1 fully saturated rings. The lowest BCUT2D eigenvalue weighted by Gasteiger charge is -2.16. The van der Waals surface area contributed by atoms with Gasteiger partial charge in [0.25, 0.3) is 0 Å². The zero-order valence-electron chi connectivity index (χ0n) is 10.0. The summed E-state index contributed by atoms with van der Waals surface area (Å²) in [6.45, 7) is 2.88. The fraction of sp³-hybridized carbons (Fsp3) is 0.385. The summed E-state index contributed by atoms with van der Waals surface area (Å²) in [5.74, 6) is 0.188. The van der Waals surface area contributed by atoms with E-state index in [4.69, 9.17) is 16.9 Å². The van der Waals surface area contributed by atoms with Crippen molar-refractivity contribution in [2.24, 2.45) is 5.92 Å². The zero-order valence-corrected chi connectivity index (χ0v) is 10.8. The molecule has 4 nitrogen and oxygen atoms in total. The highest BCUT2D eigenvalue weighted by atomic mass is 35.5. The Labute approximate surface area is 111 Å². The molecule has 5 heteroatoms. The first-order valence-corrected chi connectivity index (χ1v) is 6.23. The van der Waals surface area contributed by atoms with Crippen LogP contribution in [0, 0.1) is 17.2 Å². The second kappa shape index (κ2) is 5.38. The predicted molar refractivity (Wildman–Crippen MR) is 70.4 cm³/mol. The molecule has 2 atom stereocenters. The van der Waals surface area contributed by atoms with Gasteiger partial charge in [-0.1, -0.05) is 18.5 Å². The second-order valence-electron chi connectivity index (χ2n) is 4.49. The standard InChI is InChI=1S/C13H14ClN3O/c1-8-4-5-16-12(8)13(18)17-11-6-10(14)3-2-9(11)7-15/h2-3,6,8,12,16H,4-5H2,1H3,(H,17,18). The van der Waals surface area contributed by atoms with Gasteiger partial charge in [-0.2, -0.15) is 5.26 Å². The summed E-state index contributed by atoms with van der Waals surface area (Å²) >= 11 is 5.87. The third-order valence-corrected chi connectivity index (χ3v) is 3.41. The van der Waals surface area contributed by atoms with Crippen molar-refractivity contribution < 1.29 is 4.79 Å². The van der Waals surface area contributed by atoms with Crippen LogP contribution in [0.25, 0.3) is 0 Å². The van der Waals surface area contributed by atoms with E-state index in [0.29, 0.717) is 22.2 Å². The molecule has 0 bridgehead atoms. The van der Waals surface area contributed by atoms with Gasteiger partial charge in [0.15, 0.2) is 0 Å². The minimum absolute atomic E-state index is 0.112. The first-order chi connectivity index (χ1) is 8.61. The Morgan fingerprint density at radius 3 is 3.00 bits per heavy atom. The van der Waals surface area contributed by atoms with Crippen LogP contribution in [0.3, 0.4) is 0 Å². The van der Waals surface area contributed by atoms with E-state index >= 15 is 0 Å². The van der Waals surface area contributed by atoms with Crippen molar-refractivity contribution in [3.8, 4) is 6.07 Å². The number of hydrogen-bond donors (Lipinski definition) is 2. The molecule has 94 valence electrons. The van der Waals surface area contributed by atoms with E-state index in [9.17, 15) is 4.79 Å². The molecule has 0 radical (unpaired) electrons. The Balaban J connectivity index is 2.16. The molecule has 0 aromatic heterocycles. The third-order valence-electron chi connectivity index (χ3n) is 3.18. The van der Waals surface area contributed by atoms with Gasteiger partial charge in [-0.15, -0.1) is 0 Å². The summed E-state index contributed by atoms with van der Waals surface area (Å²) in [4.78, 5) is 12.1. The zero-order chi connectivity index (χ0) is 13.1. The molecular weight excluding hydrogens is 250 g/mol. The van der Waals surface area contributed by atoms with Crippen LogP contribution in [0.5, 0.6) is 0 Å². The van der Waals surface area contributed by atoms with E-state index in [-0.39, 0.29) is 11.9 Å². The average molecular weight is 264 g/mol. The molecule has 0 aliphatic carbocycles. The quantitative estimate of drug-likeness (QED) is 0.859. The molecule has 1 saturated heterocycles. The van der Waals surface area contributed by atoms with Crippen molar-refractivity contribution in [2.75, 3.05) is 11.9 Å². The highest BCUT2D eigenvalue weighted by molar-refractivity contribution is 6.31. The Morgan fingerprint density at radius 1 is 1.61 bits per heavy atom. The largest absolute Gasteiger partial charge is 0.323 e. The lowest BCUT2D eigenvalue weighted by Crippen LogP contribution is -2.39. The van der Waals surface area contributed by atoms with Crippen LogP contribution in [0.2, 0.25) is 5.02 Å². The Bertz CT molecular complexity index is 509. The van der Waals surface area contributed by atoms with Gasteiger partial charge in [-0.25, -0.2) is 0 Å². The van der Waals surface area contributed by atoms with Crippen molar-refractivity contribution >= 4 is 23.2 Å². The minimum atomic E-state index is -0.199. The Kier molecular flexibility index (Phi) is 3.85. The summed E-state index contributed by atoms with van der Waals surface area (Å²) in [6, 6.07) is 6.66. The van der Waals surface area contributed by atoms with Crippen molar-refractivity contribution in [1.29, 1.82) is 5.26 Å². The van der Waals surface area contributed by atoms with Gasteiger partial charge in [-0.3, -0.25) is 4.79 Å². The number of hydrogen-bond acceptors (Lipinski definition) is 3. The minimum Gasteiger partial charge on any atom is -0.323 e. The van der Waals surface area contributed by atoms with Crippen LogP contribution in [-0.4, -0.2) is 18.5 Å². The van der Waals surface area contributed by atoms with Crippen molar-refractivity contribution in [2.45, 2.75) is 19.4 Å². The molecule has 18 heavy (non-hydrogen) atoms. The number of nitriles is 1. The number of benzene rings is 1. The smallest absolute Gasteiger partial charge is 0.241 e. The number of carbonyl (C=O) groups is 1. The fourth-order valence-corrected chi connectivity index (χ4v) is 2.29. The summed E-state index contributed by atoms with van der Waals surface area (Å²) < 4.78 is 0. The summed E-state index contributed by atoms with van der Waals surface area (Å²) in [6.07, 6.45) is 0.985. The number of carbonyl (C=O) groups excluding carboxylic acids is 1. The monoisotopic (exact) mass is 263 g/mol. The number of amides is 1. The maximum Gasteiger partial charge on any atom is 0.241 e. The van der Waals surface area contributed by atoms with Crippen LogP contribution in [0.1, 0.15) is 18.9 Å². The predicted octanol–water partition coefficient (Wildman–Crippen LogP) is 2.15. The molecule has 2 unspecified atom stereocenters. The highest BCUT2D eigenvalue weighted by Gasteiger charge is 2.29. The van der Waals surface area contributed by atoms with Crippen molar-refractivity contribution in [3.05, 3.63) is 28.8 Å². The number of nitrogens with zero attached hydrogens (tertiary/aromatic N) is 1. The normalized spacial score (nSPS) is 22.5. The average Bonchev–Trinajstić information content (AvgIpc) is 2.76. The van der Waals surface area contributed by atoms with E-state index in [1.165, 1.54) is 0 Å². The van der Waals surface area contributed by atoms with Gasteiger partial charge in [-0.05, 0) is 37.1 Å². The van der Waals surface area contributed by atoms with Crippen LogP contribution in [-0.2, 0) is 4.79 Å². The van der Waals surface area contributed by atoms with E-state index in [1.54, 1.807) is 18.2 Å². The molecule has 1 aliphatic heterocycles.